The van der Waals surface area contributed by atoms with Gasteiger partial charge in [0.2, 0.25) is 0 Å². The summed E-state index contributed by atoms with van der Waals surface area (Å²) >= 11 is 0. The summed E-state index contributed by atoms with van der Waals surface area (Å²) in [5, 5.41) is 3.24. The summed E-state index contributed by atoms with van der Waals surface area (Å²) in [4.78, 5) is 8.50. The van der Waals surface area contributed by atoms with E-state index >= 15 is 0 Å². The highest BCUT2D eigenvalue weighted by molar-refractivity contribution is 7.92. The monoisotopic (exact) mass is 382 g/mol. The number of hydrogen-bond donors (Lipinski definition) is 2. The number of rotatable bonds is 6. The molecule has 0 spiro atoms. The molecule has 0 radical (unpaired) electrons. The zero-order chi connectivity index (χ0) is 19.4. The minimum absolute atomic E-state index is 0.281. The predicted octanol–water partition coefficient (Wildman–Crippen LogP) is 3.81. The van der Waals surface area contributed by atoms with Gasteiger partial charge in [-0.05, 0) is 61.7 Å². The maximum atomic E-state index is 12.8. The van der Waals surface area contributed by atoms with Gasteiger partial charge in [0, 0.05) is 18.9 Å². The first-order chi connectivity index (χ1) is 12.8. The normalized spacial score (nSPS) is 11.2. The fourth-order valence-corrected chi connectivity index (χ4v) is 4.51. The van der Waals surface area contributed by atoms with Crippen molar-refractivity contribution < 1.29 is 8.42 Å². The number of benzene rings is 1. The molecule has 2 aromatic heterocycles. The zero-order valence-electron chi connectivity index (χ0n) is 15.5. The van der Waals surface area contributed by atoms with Crippen molar-refractivity contribution in [2.75, 3.05) is 10.0 Å². The SMILES string of the molecule is Cc1cc(C)c(S(=O)(=O)Nc2ccc(NCc3ccncc3)cn2)c(C)c1. The van der Waals surface area contributed by atoms with Crippen molar-refractivity contribution in [2.24, 2.45) is 0 Å². The Kier molecular flexibility index (Phi) is 5.41. The van der Waals surface area contributed by atoms with Crippen LogP contribution in [0.4, 0.5) is 11.5 Å². The number of pyridine rings is 2. The van der Waals surface area contributed by atoms with Crippen molar-refractivity contribution in [3.63, 3.8) is 0 Å². The molecule has 0 saturated carbocycles. The summed E-state index contributed by atoms with van der Waals surface area (Å²) in [5.74, 6) is 0.281. The topological polar surface area (TPSA) is 84.0 Å². The summed E-state index contributed by atoms with van der Waals surface area (Å²) < 4.78 is 28.1. The van der Waals surface area contributed by atoms with Crippen LogP contribution in [0.1, 0.15) is 22.3 Å². The molecule has 0 aliphatic rings. The van der Waals surface area contributed by atoms with Gasteiger partial charge in [-0.1, -0.05) is 17.7 Å². The van der Waals surface area contributed by atoms with Crippen molar-refractivity contribution in [2.45, 2.75) is 32.2 Å². The summed E-state index contributed by atoms with van der Waals surface area (Å²) in [7, 11) is -3.70. The summed E-state index contributed by atoms with van der Waals surface area (Å²) in [6.07, 6.45) is 5.08. The Morgan fingerprint density at radius 1 is 0.963 bits per heavy atom. The second-order valence-electron chi connectivity index (χ2n) is 6.47. The van der Waals surface area contributed by atoms with Crippen molar-refractivity contribution in [1.29, 1.82) is 0 Å². The standard InChI is InChI=1S/C20H22N4O2S/c1-14-10-15(2)20(16(3)11-14)27(25,26)24-19-5-4-18(13-23-19)22-12-17-6-8-21-9-7-17/h4-11,13,22H,12H2,1-3H3,(H,23,24). The summed E-state index contributed by atoms with van der Waals surface area (Å²) in [6, 6.07) is 11.0. The van der Waals surface area contributed by atoms with E-state index in [-0.39, 0.29) is 5.82 Å². The largest absolute Gasteiger partial charge is 0.380 e. The van der Waals surface area contributed by atoms with Gasteiger partial charge in [0.25, 0.3) is 10.0 Å². The molecular formula is C20H22N4O2S. The molecule has 7 heteroatoms. The first-order valence-corrected chi connectivity index (χ1v) is 10.0. The molecule has 0 atom stereocenters. The molecular weight excluding hydrogens is 360 g/mol. The number of aryl methyl sites for hydroxylation is 3. The molecule has 0 bridgehead atoms. The molecule has 3 rings (SSSR count). The first-order valence-electron chi connectivity index (χ1n) is 8.54. The van der Waals surface area contributed by atoms with Gasteiger partial charge in [0.1, 0.15) is 5.82 Å². The minimum Gasteiger partial charge on any atom is -0.380 e. The quantitative estimate of drug-likeness (QED) is 0.677. The number of nitrogens with zero attached hydrogens (tertiary/aromatic N) is 2. The van der Waals surface area contributed by atoms with Crippen LogP contribution in [-0.4, -0.2) is 18.4 Å². The van der Waals surface area contributed by atoms with E-state index in [1.807, 2.05) is 31.2 Å². The third kappa shape index (κ3) is 4.62. The summed E-state index contributed by atoms with van der Waals surface area (Å²) in [5.41, 5.74) is 4.37. The Morgan fingerprint density at radius 2 is 1.63 bits per heavy atom. The molecule has 0 saturated heterocycles. The number of hydrogen-bond acceptors (Lipinski definition) is 5. The molecule has 0 aliphatic heterocycles. The second kappa shape index (κ2) is 7.75. The summed E-state index contributed by atoms with van der Waals surface area (Å²) in [6.45, 7) is 6.18. The van der Waals surface area contributed by atoms with Crippen molar-refractivity contribution >= 4 is 21.5 Å². The fourth-order valence-electron chi connectivity index (χ4n) is 3.04. The predicted molar refractivity (Wildman–Crippen MR) is 107 cm³/mol. The third-order valence-electron chi connectivity index (χ3n) is 4.12. The molecule has 1 aromatic carbocycles. The van der Waals surface area contributed by atoms with Crippen LogP contribution in [0, 0.1) is 20.8 Å². The molecule has 3 aromatic rings. The average molecular weight is 382 g/mol. The minimum atomic E-state index is -3.70. The Bertz CT molecular complexity index is 1010. The van der Waals surface area contributed by atoms with E-state index in [1.165, 1.54) is 0 Å². The van der Waals surface area contributed by atoms with Gasteiger partial charge in [-0.25, -0.2) is 13.4 Å². The van der Waals surface area contributed by atoms with E-state index in [1.54, 1.807) is 44.6 Å². The molecule has 0 aliphatic carbocycles. The average Bonchev–Trinajstić information content (AvgIpc) is 2.60. The van der Waals surface area contributed by atoms with Crippen molar-refractivity contribution in [1.82, 2.24) is 9.97 Å². The highest BCUT2D eigenvalue weighted by Gasteiger charge is 2.20. The van der Waals surface area contributed by atoms with Crippen molar-refractivity contribution in [3.05, 3.63) is 77.2 Å². The maximum absolute atomic E-state index is 12.8. The van der Waals surface area contributed by atoms with Gasteiger partial charge < -0.3 is 5.32 Å². The molecule has 0 unspecified atom stereocenters. The lowest BCUT2D eigenvalue weighted by Gasteiger charge is -2.14. The molecule has 6 nitrogen and oxygen atoms in total. The van der Waals surface area contributed by atoms with Crippen LogP contribution in [0.25, 0.3) is 0 Å². The maximum Gasteiger partial charge on any atom is 0.263 e. The molecule has 27 heavy (non-hydrogen) atoms. The molecule has 0 fully saturated rings. The van der Waals surface area contributed by atoms with E-state index in [9.17, 15) is 8.42 Å². The van der Waals surface area contributed by atoms with Gasteiger partial charge in [0.15, 0.2) is 0 Å². The lowest BCUT2D eigenvalue weighted by Crippen LogP contribution is -2.16. The highest BCUT2D eigenvalue weighted by atomic mass is 32.2. The van der Waals surface area contributed by atoms with Crippen LogP contribution in [0.2, 0.25) is 0 Å². The Hall–Kier alpha value is -2.93. The lowest BCUT2D eigenvalue weighted by atomic mass is 10.1. The third-order valence-corrected chi connectivity index (χ3v) is 5.78. The Balaban J connectivity index is 1.72. The highest BCUT2D eigenvalue weighted by Crippen LogP contribution is 2.24. The van der Waals surface area contributed by atoms with E-state index in [0.29, 0.717) is 11.4 Å². The Labute approximate surface area is 159 Å². The molecule has 140 valence electrons. The van der Waals surface area contributed by atoms with Crippen LogP contribution in [0.15, 0.2) is 59.9 Å². The first kappa shape index (κ1) is 18.8. The number of sulfonamides is 1. The van der Waals surface area contributed by atoms with Gasteiger partial charge in [-0.3, -0.25) is 9.71 Å². The van der Waals surface area contributed by atoms with Crippen molar-refractivity contribution in [3.8, 4) is 0 Å². The van der Waals surface area contributed by atoms with E-state index in [4.69, 9.17) is 0 Å². The van der Waals surface area contributed by atoms with Gasteiger partial charge in [-0.2, -0.15) is 0 Å². The smallest absolute Gasteiger partial charge is 0.263 e. The fraction of sp³-hybridized carbons (Fsp3) is 0.200. The van der Waals surface area contributed by atoms with Crippen LogP contribution >= 0.6 is 0 Å². The van der Waals surface area contributed by atoms with E-state index in [2.05, 4.69) is 20.0 Å². The molecule has 0 amide bonds. The van der Waals surface area contributed by atoms with E-state index < -0.39 is 10.0 Å². The van der Waals surface area contributed by atoms with Gasteiger partial charge in [-0.15, -0.1) is 0 Å². The number of aromatic nitrogens is 2. The number of anilines is 2. The molecule has 2 N–H and O–H groups in total. The van der Waals surface area contributed by atoms with Crippen LogP contribution in [0.3, 0.4) is 0 Å². The zero-order valence-corrected chi connectivity index (χ0v) is 16.3. The van der Waals surface area contributed by atoms with Crippen LogP contribution in [0.5, 0.6) is 0 Å². The van der Waals surface area contributed by atoms with E-state index in [0.717, 1.165) is 27.9 Å². The second-order valence-corrected chi connectivity index (χ2v) is 8.09. The lowest BCUT2D eigenvalue weighted by molar-refractivity contribution is 0.600. The van der Waals surface area contributed by atoms with Crippen LogP contribution in [-0.2, 0) is 16.6 Å². The number of nitrogens with one attached hydrogen (secondary N) is 2. The van der Waals surface area contributed by atoms with Crippen LogP contribution < -0.4 is 10.0 Å². The Morgan fingerprint density at radius 3 is 2.22 bits per heavy atom. The molecule has 2 heterocycles. The van der Waals surface area contributed by atoms with Gasteiger partial charge >= 0.3 is 0 Å². The van der Waals surface area contributed by atoms with Gasteiger partial charge in [0.05, 0.1) is 16.8 Å².